The van der Waals surface area contributed by atoms with E-state index in [1.165, 1.54) is 4.90 Å². The van der Waals surface area contributed by atoms with Gasteiger partial charge in [-0.1, -0.05) is 30.3 Å². The van der Waals surface area contributed by atoms with Crippen molar-refractivity contribution < 1.29 is 10.2 Å². The molecule has 74 valence electrons. The molecule has 0 spiro atoms. The zero-order chi connectivity index (χ0) is 8.81. The lowest BCUT2D eigenvalue weighted by atomic mass is 10.2. The molecule has 13 heavy (non-hydrogen) atoms. The highest BCUT2D eigenvalue weighted by molar-refractivity contribution is 5.85. The highest BCUT2D eigenvalue weighted by atomic mass is 35.5. The van der Waals surface area contributed by atoms with Gasteiger partial charge in [-0.2, -0.15) is 0 Å². The molecule has 0 aliphatic carbocycles. The van der Waals surface area contributed by atoms with Gasteiger partial charge in [-0.05, 0) is 5.56 Å². The first-order valence-electron chi connectivity index (χ1n) is 3.85. The normalized spacial score (nSPS) is 9.77. The molecule has 0 aromatic heterocycles. The molecule has 4 heteroatoms. The minimum absolute atomic E-state index is 0. The summed E-state index contributed by atoms with van der Waals surface area (Å²) in [6.45, 7) is 0.338. The van der Waals surface area contributed by atoms with Gasteiger partial charge in [0.2, 0.25) is 0 Å². The van der Waals surface area contributed by atoms with E-state index in [-0.39, 0.29) is 25.9 Å². The molecule has 0 bridgehead atoms. The van der Waals surface area contributed by atoms with Crippen molar-refractivity contribution in [3.63, 3.8) is 0 Å². The SMILES string of the molecule is Cl.OCN(CO)Cc1ccccc1. The fourth-order valence-electron chi connectivity index (χ4n) is 0.986. The van der Waals surface area contributed by atoms with Gasteiger partial charge >= 0.3 is 0 Å². The van der Waals surface area contributed by atoms with Crippen molar-refractivity contribution in [1.29, 1.82) is 0 Å². The van der Waals surface area contributed by atoms with Gasteiger partial charge in [0.05, 0.1) is 13.5 Å². The number of rotatable bonds is 4. The molecule has 0 amide bonds. The van der Waals surface area contributed by atoms with E-state index in [1.807, 2.05) is 30.3 Å². The van der Waals surface area contributed by atoms with E-state index < -0.39 is 0 Å². The smallest absolute Gasteiger partial charge is 0.0977 e. The van der Waals surface area contributed by atoms with Gasteiger partial charge in [0.1, 0.15) is 0 Å². The van der Waals surface area contributed by atoms with Gasteiger partial charge in [-0.3, -0.25) is 4.90 Å². The zero-order valence-electron chi connectivity index (χ0n) is 7.26. The van der Waals surface area contributed by atoms with E-state index in [4.69, 9.17) is 10.2 Å². The lowest BCUT2D eigenvalue weighted by Gasteiger charge is -2.15. The highest BCUT2D eigenvalue weighted by Gasteiger charge is 2.00. The third-order valence-electron chi connectivity index (χ3n) is 1.65. The summed E-state index contributed by atoms with van der Waals surface area (Å²) in [7, 11) is 0. The first-order valence-corrected chi connectivity index (χ1v) is 3.85. The molecule has 1 rings (SSSR count). The van der Waals surface area contributed by atoms with Crippen LogP contribution in [0.1, 0.15) is 5.56 Å². The van der Waals surface area contributed by atoms with Crippen molar-refractivity contribution in [2.24, 2.45) is 0 Å². The molecule has 0 saturated heterocycles. The first-order chi connectivity index (χ1) is 5.86. The van der Waals surface area contributed by atoms with Crippen LogP contribution in [0.15, 0.2) is 30.3 Å². The van der Waals surface area contributed by atoms with Crippen molar-refractivity contribution in [3.8, 4) is 0 Å². The van der Waals surface area contributed by atoms with Crippen LogP contribution in [0.4, 0.5) is 0 Å². The predicted molar refractivity (Wildman–Crippen MR) is 53.4 cm³/mol. The summed E-state index contributed by atoms with van der Waals surface area (Å²) >= 11 is 0. The van der Waals surface area contributed by atoms with Crippen LogP contribution in [-0.2, 0) is 6.54 Å². The fourth-order valence-corrected chi connectivity index (χ4v) is 0.986. The van der Waals surface area contributed by atoms with Gasteiger partial charge in [0.15, 0.2) is 0 Å². The molecule has 0 radical (unpaired) electrons. The van der Waals surface area contributed by atoms with Crippen LogP contribution in [0.3, 0.4) is 0 Å². The Balaban J connectivity index is 0.00000144. The van der Waals surface area contributed by atoms with Crippen molar-refractivity contribution in [2.75, 3.05) is 13.5 Å². The Morgan fingerprint density at radius 1 is 1.00 bits per heavy atom. The molecule has 1 aromatic carbocycles. The fraction of sp³-hybridized carbons (Fsp3) is 0.333. The minimum Gasteiger partial charge on any atom is -0.381 e. The lowest BCUT2D eigenvalue weighted by molar-refractivity contribution is 0.0234. The average Bonchev–Trinajstić information content (AvgIpc) is 2.16. The van der Waals surface area contributed by atoms with E-state index in [2.05, 4.69) is 0 Å². The van der Waals surface area contributed by atoms with Crippen LogP contribution >= 0.6 is 12.4 Å². The number of aliphatic hydroxyl groups is 2. The van der Waals surface area contributed by atoms with Gasteiger partial charge in [0.25, 0.3) is 0 Å². The van der Waals surface area contributed by atoms with E-state index in [0.717, 1.165) is 5.56 Å². The summed E-state index contributed by atoms with van der Waals surface area (Å²) in [5.74, 6) is 0. The second-order valence-electron chi connectivity index (χ2n) is 2.60. The molecule has 0 aliphatic heterocycles. The van der Waals surface area contributed by atoms with Gasteiger partial charge < -0.3 is 10.2 Å². The molecular weight excluding hydrogens is 190 g/mol. The highest BCUT2D eigenvalue weighted by Crippen LogP contribution is 2.02. The van der Waals surface area contributed by atoms with Crippen molar-refractivity contribution >= 4 is 12.4 Å². The Kier molecular flexibility index (Phi) is 6.54. The molecule has 2 N–H and O–H groups in total. The summed E-state index contributed by atoms with van der Waals surface area (Å²) in [6, 6.07) is 9.72. The zero-order valence-corrected chi connectivity index (χ0v) is 8.07. The third kappa shape index (κ3) is 4.24. The van der Waals surface area contributed by atoms with E-state index >= 15 is 0 Å². The Morgan fingerprint density at radius 2 is 1.54 bits per heavy atom. The average molecular weight is 204 g/mol. The molecule has 0 aliphatic rings. The van der Waals surface area contributed by atoms with Crippen LogP contribution in [0.25, 0.3) is 0 Å². The summed E-state index contributed by atoms with van der Waals surface area (Å²) in [6.07, 6.45) is 0. The van der Waals surface area contributed by atoms with Gasteiger partial charge in [-0.15, -0.1) is 12.4 Å². The van der Waals surface area contributed by atoms with Crippen LogP contribution in [-0.4, -0.2) is 28.6 Å². The van der Waals surface area contributed by atoms with Gasteiger partial charge in [0, 0.05) is 6.54 Å². The largest absolute Gasteiger partial charge is 0.381 e. The summed E-state index contributed by atoms with van der Waals surface area (Å²) in [5.41, 5.74) is 1.08. The second-order valence-corrected chi connectivity index (χ2v) is 2.60. The third-order valence-corrected chi connectivity index (χ3v) is 1.65. The lowest BCUT2D eigenvalue weighted by Crippen LogP contribution is -2.24. The van der Waals surface area contributed by atoms with Crippen LogP contribution < -0.4 is 0 Å². The molecule has 0 fully saturated rings. The maximum atomic E-state index is 8.75. The predicted octanol–water partition coefficient (Wildman–Crippen LogP) is 0.810. The van der Waals surface area contributed by atoms with Crippen molar-refractivity contribution in [1.82, 2.24) is 4.90 Å². The van der Waals surface area contributed by atoms with Crippen LogP contribution in [0.5, 0.6) is 0 Å². The first kappa shape index (κ1) is 12.4. The van der Waals surface area contributed by atoms with Gasteiger partial charge in [-0.25, -0.2) is 0 Å². The maximum Gasteiger partial charge on any atom is 0.0977 e. The molecule has 1 aromatic rings. The minimum atomic E-state index is -0.120. The topological polar surface area (TPSA) is 43.7 Å². The number of aliphatic hydroxyl groups excluding tert-OH is 2. The Morgan fingerprint density at radius 3 is 2.00 bits per heavy atom. The monoisotopic (exact) mass is 203 g/mol. The summed E-state index contributed by atoms with van der Waals surface area (Å²) < 4.78 is 0. The Hall–Kier alpha value is -0.610. The molecule has 0 heterocycles. The quantitative estimate of drug-likeness (QED) is 0.712. The van der Waals surface area contributed by atoms with Crippen LogP contribution in [0.2, 0.25) is 0 Å². The standard InChI is InChI=1S/C9H13NO2.ClH/c11-7-10(8-12)6-9-4-2-1-3-5-9;/h1-5,11-12H,6-8H2;1H. The number of hydrogen-bond donors (Lipinski definition) is 2. The second kappa shape index (κ2) is 6.86. The summed E-state index contributed by atoms with van der Waals surface area (Å²) in [4.78, 5) is 1.52. The number of benzene rings is 1. The maximum absolute atomic E-state index is 8.75. The number of nitrogens with zero attached hydrogens (tertiary/aromatic N) is 1. The summed E-state index contributed by atoms with van der Waals surface area (Å²) in [5, 5.41) is 17.5. The van der Waals surface area contributed by atoms with E-state index in [1.54, 1.807) is 0 Å². The van der Waals surface area contributed by atoms with Crippen molar-refractivity contribution in [2.45, 2.75) is 6.54 Å². The molecule has 0 unspecified atom stereocenters. The molecule has 0 saturated carbocycles. The Bertz CT molecular complexity index is 214. The number of hydrogen-bond acceptors (Lipinski definition) is 3. The molecule has 0 atom stereocenters. The van der Waals surface area contributed by atoms with Crippen molar-refractivity contribution in [3.05, 3.63) is 35.9 Å². The Labute approximate surface area is 84.0 Å². The van der Waals surface area contributed by atoms with E-state index in [0.29, 0.717) is 6.54 Å². The number of halogens is 1. The molecule has 3 nitrogen and oxygen atoms in total. The van der Waals surface area contributed by atoms with E-state index in [9.17, 15) is 0 Å². The van der Waals surface area contributed by atoms with Crippen LogP contribution in [0, 0.1) is 0 Å². The molecular formula is C9H14ClNO2.